The Morgan fingerprint density at radius 1 is 1.12 bits per heavy atom. The number of unbranched alkanes of at least 4 members (excludes halogenated alkanes) is 2. The molecule has 4 rings (SSSR count). The summed E-state index contributed by atoms with van der Waals surface area (Å²) in [5.41, 5.74) is 2.69. The molecule has 1 aromatic carbocycles. The smallest absolute Gasteiger partial charge is 0.324 e. The summed E-state index contributed by atoms with van der Waals surface area (Å²) in [6, 6.07) is 9.64. The van der Waals surface area contributed by atoms with Crippen LogP contribution in [0.25, 0.3) is 11.0 Å². The summed E-state index contributed by atoms with van der Waals surface area (Å²) in [6.07, 6.45) is 7.82. The average Bonchev–Trinajstić information content (AvgIpc) is 3.27. The second kappa shape index (κ2) is 11.2. The number of hydrogen-bond acceptors (Lipinski definition) is 5. The van der Waals surface area contributed by atoms with E-state index < -0.39 is 0 Å². The number of aliphatic hydroxyl groups excluding tert-OH is 1. The van der Waals surface area contributed by atoms with Crippen molar-refractivity contribution in [3.05, 3.63) is 48.3 Å². The fourth-order valence-corrected chi connectivity index (χ4v) is 4.43. The van der Waals surface area contributed by atoms with E-state index in [0.717, 1.165) is 48.0 Å². The van der Waals surface area contributed by atoms with Gasteiger partial charge in [-0.3, -0.25) is 4.90 Å². The van der Waals surface area contributed by atoms with Crippen molar-refractivity contribution < 1.29 is 19.4 Å². The summed E-state index contributed by atoms with van der Waals surface area (Å²) in [4.78, 5) is 21.6. The van der Waals surface area contributed by atoms with Gasteiger partial charge < -0.3 is 24.0 Å². The number of aromatic nitrogens is 2. The molecule has 182 valence electrons. The summed E-state index contributed by atoms with van der Waals surface area (Å²) in [5, 5.41) is 10.3. The minimum atomic E-state index is -0.0203. The third-order valence-corrected chi connectivity index (χ3v) is 6.23. The molecule has 0 unspecified atom stereocenters. The number of fused-ring (bicyclic) bond motifs is 1. The van der Waals surface area contributed by atoms with Gasteiger partial charge in [-0.15, -0.1) is 0 Å². The summed E-state index contributed by atoms with van der Waals surface area (Å²) in [7, 11) is 1.63. The molecule has 0 radical (unpaired) electrons. The molecule has 3 aromatic rings. The molecule has 8 heteroatoms. The van der Waals surface area contributed by atoms with Crippen molar-refractivity contribution in [1.82, 2.24) is 14.5 Å². The second-order valence-corrected chi connectivity index (χ2v) is 8.54. The Morgan fingerprint density at radius 3 is 2.79 bits per heavy atom. The van der Waals surface area contributed by atoms with Gasteiger partial charge in [-0.2, -0.15) is 0 Å². The first-order valence-electron chi connectivity index (χ1n) is 12.1. The molecule has 0 bridgehead atoms. The highest BCUT2D eigenvalue weighted by Crippen LogP contribution is 2.33. The first kappa shape index (κ1) is 23.9. The lowest BCUT2D eigenvalue weighted by Gasteiger charge is -2.36. The molecule has 0 spiro atoms. The van der Waals surface area contributed by atoms with Crippen molar-refractivity contribution in [2.75, 3.05) is 38.3 Å². The maximum absolute atomic E-state index is 13.5. The van der Waals surface area contributed by atoms with Gasteiger partial charge in [0.1, 0.15) is 5.65 Å². The normalized spacial score (nSPS) is 14.1. The van der Waals surface area contributed by atoms with E-state index in [1.54, 1.807) is 13.3 Å². The van der Waals surface area contributed by atoms with Crippen molar-refractivity contribution in [1.29, 1.82) is 0 Å². The molecular weight excluding hydrogens is 432 g/mol. The van der Waals surface area contributed by atoms with Crippen molar-refractivity contribution >= 4 is 22.8 Å². The van der Waals surface area contributed by atoms with E-state index in [1.807, 2.05) is 50.9 Å². The van der Waals surface area contributed by atoms with Gasteiger partial charge in [0, 0.05) is 55.7 Å². The molecule has 1 saturated heterocycles. The van der Waals surface area contributed by atoms with Crippen LogP contribution in [0.15, 0.2) is 42.7 Å². The van der Waals surface area contributed by atoms with Crippen molar-refractivity contribution in [3.8, 4) is 11.5 Å². The zero-order valence-corrected chi connectivity index (χ0v) is 20.1. The number of methoxy groups -OCH3 is 1. The number of pyridine rings is 1. The van der Waals surface area contributed by atoms with Crippen LogP contribution in [-0.2, 0) is 13.1 Å². The van der Waals surface area contributed by atoms with Gasteiger partial charge in [-0.1, -0.05) is 19.8 Å². The van der Waals surface area contributed by atoms with E-state index in [9.17, 15) is 9.90 Å². The summed E-state index contributed by atoms with van der Waals surface area (Å²) < 4.78 is 13.4. The number of carbonyl (C=O) groups excluding carboxylic acids is 1. The lowest BCUT2D eigenvalue weighted by molar-refractivity contribution is 0.192. The van der Waals surface area contributed by atoms with Gasteiger partial charge in [0.2, 0.25) is 0 Å². The zero-order valence-electron chi connectivity index (χ0n) is 20.1. The third kappa shape index (κ3) is 5.12. The maximum Gasteiger partial charge on any atom is 0.324 e. The highest BCUT2D eigenvalue weighted by molar-refractivity contribution is 5.93. The van der Waals surface area contributed by atoms with E-state index in [-0.39, 0.29) is 12.6 Å². The molecule has 0 aliphatic carbocycles. The highest BCUT2D eigenvalue weighted by Gasteiger charge is 2.28. The molecule has 2 aromatic heterocycles. The Kier molecular flexibility index (Phi) is 7.90. The largest absolute Gasteiger partial charge is 0.493 e. The zero-order chi connectivity index (χ0) is 23.9. The Balaban J connectivity index is 1.52. The minimum Gasteiger partial charge on any atom is -0.493 e. The van der Waals surface area contributed by atoms with Gasteiger partial charge in [-0.05, 0) is 42.7 Å². The Morgan fingerprint density at radius 2 is 2.00 bits per heavy atom. The highest BCUT2D eigenvalue weighted by atomic mass is 16.5. The number of rotatable bonds is 11. The number of carbonyl (C=O) groups is 1. The molecule has 1 aliphatic heterocycles. The van der Waals surface area contributed by atoms with Crippen LogP contribution < -0.4 is 14.4 Å². The predicted molar refractivity (Wildman–Crippen MR) is 133 cm³/mol. The van der Waals surface area contributed by atoms with Crippen LogP contribution in [-0.4, -0.2) is 59.0 Å². The summed E-state index contributed by atoms with van der Waals surface area (Å²) >= 11 is 0. The lowest BCUT2D eigenvalue weighted by Crippen LogP contribution is -2.49. The van der Waals surface area contributed by atoms with E-state index in [4.69, 9.17) is 9.47 Å². The Bertz CT molecular complexity index is 1110. The standard InChI is InChI=1S/C26H34N4O4/c1-3-4-5-17-34-24-18-21(7-8-23(24)33-2)30-13-6-12-29(26(30)32)19-20-9-11-27-25-22(20)10-14-28(25)15-16-31/h7-11,14,18,31H,3-6,12-13,15-17,19H2,1-2H3. The first-order chi connectivity index (χ1) is 16.7. The van der Waals surface area contributed by atoms with E-state index >= 15 is 0 Å². The number of hydrogen-bond donors (Lipinski definition) is 1. The molecule has 34 heavy (non-hydrogen) atoms. The predicted octanol–water partition coefficient (Wildman–Crippen LogP) is 4.44. The number of amides is 2. The van der Waals surface area contributed by atoms with Crippen molar-refractivity contribution in [3.63, 3.8) is 0 Å². The number of nitrogens with zero attached hydrogens (tertiary/aromatic N) is 4. The van der Waals surface area contributed by atoms with Gasteiger partial charge in [-0.25, -0.2) is 9.78 Å². The van der Waals surface area contributed by atoms with Crippen LogP contribution in [0.4, 0.5) is 10.5 Å². The molecule has 0 atom stereocenters. The molecule has 1 aliphatic rings. The minimum absolute atomic E-state index is 0.0203. The summed E-state index contributed by atoms with van der Waals surface area (Å²) in [5.74, 6) is 1.34. The monoisotopic (exact) mass is 466 g/mol. The Labute approximate surface area is 200 Å². The lowest BCUT2D eigenvalue weighted by atomic mass is 10.1. The van der Waals surface area contributed by atoms with E-state index in [2.05, 4.69) is 11.9 Å². The Hall–Kier alpha value is -3.26. The summed E-state index contributed by atoms with van der Waals surface area (Å²) in [6.45, 7) is 5.22. The fraction of sp³-hybridized carbons (Fsp3) is 0.462. The maximum atomic E-state index is 13.5. The van der Waals surface area contributed by atoms with Crippen LogP contribution in [0.2, 0.25) is 0 Å². The van der Waals surface area contributed by atoms with Crippen molar-refractivity contribution in [2.45, 2.75) is 45.7 Å². The third-order valence-electron chi connectivity index (χ3n) is 6.23. The first-order valence-corrected chi connectivity index (χ1v) is 12.1. The van der Waals surface area contributed by atoms with Crippen LogP contribution in [0.5, 0.6) is 11.5 Å². The van der Waals surface area contributed by atoms with Crippen molar-refractivity contribution in [2.24, 2.45) is 0 Å². The quantitative estimate of drug-likeness (QED) is 0.423. The average molecular weight is 467 g/mol. The number of ether oxygens (including phenoxy) is 2. The van der Waals surface area contributed by atoms with E-state index in [0.29, 0.717) is 44.3 Å². The molecule has 1 fully saturated rings. The number of anilines is 1. The SMILES string of the molecule is CCCCCOc1cc(N2CCCN(Cc3ccnc4c3ccn4CCO)C2=O)ccc1OC. The second-order valence-electron chi connectivity index (χ2n) is 8.54. The molecule has 8 nitrogen and oxygen atoms in total. The van der Waals surface area contributed by atoms with Gasteiger partial charge in [0.25, 0.3) is 0 Å². The topological polar surface area (TPSA) is 80.1 Å². The molecule has 2 amide bonds. The molecule has 3 heterocycles. The van der Waals surface area contributed by atoms with Crippen LogP contribution >= 0.6 is 0 Å². The van der Waals surface area contributed by atoms with Gasteiger partial charge in [0.15, 0.2) is 11.5 Å². The van der Waals surface area contributed by atoms with Crippen LogP contribution in [0, 0.1) is 0 Å². The van der Waals surface area contributed by atoms with E-state index in [1.165, 1.54) is 0 Å². The number of benzene rings is 1. The number of aliphatic hydroxyl groups is 1. The van der Waals surface area contributed by atoms with Crippen LogP contribution in [0.3, 0.4) is 0 Å². The number of urea groups is 1. The van der Waals surface area contributed by atoms with Gasteiger partial charge in [0.05, 0.1) is 20.3 Å². The van der Waals surface area contributed by atoms with Gasteiger partial charge >= 0.3 is 6.03 Å². The molecule has 1 N–H and O–H groups in total. The van der Waals surface area contributed by atoms with Crippen LogP contribution in [0.1, 0.15) is 38.2 Å². The fourth-order valence-electron chi connectivity index (χ4n) is 4.43. The molecular formula is C26H34N4O4. The molecule has 0 saturated carbocycles.